The van der Waals surface area contributed by atoms with E-state index >= 15 is 0 Å². The molecule has 1 aliphatic rings. The number of carbonyl (C=O) groups excluding carboxylic acids is 2. The van der Waals surface area contributed by atoms with Crippen LogP contribution in [0.5, 0.6) is 0 Å². The van der Waals surface area contributed by atoms with Crippen LogP contribution >= 0.6 is 0 Å². The second kappa shape index (κ2) is 5.17. The van der Waals surface area contributed by atoms with Crippen LogP contribution in [0.15, 0.2) is 30.3 Å². The highest BCUT2D eigenvalue weighted by atomic mass is 16.6. The molecular weight excluding hydrogens is 266 g/mol. The Morgan fingerprint density at radius 3 is 2.33 bits per heavy atom. The largest absolute Gasteiger partial charge is 0.443 e. The number of benzene rings is 1. The van der Waals surface area contributed by atoms with Crippen LogP contribution in [0.3, 0.4) is 0 Å². The lowest BCUT2D eigenvalue weighted by Gasteiger charge is -2.31. The van der Waals surface area contributed by atoms with Crippen LogP contribution in [-0.4, -0.2) is 28.0 Å². The van der Waals surface area contributed by atoms with Crippen molar-refractivity contribution in [3.63, 3.8) is 0 Å². The van der Waals surface area contributed by atoms with Crippen molar-refractivity contribution >= 4 is 12.0 Å². The SMILES string of the molecule is CC(C)(C)OC(=O)N1C(=O)C(c2ccccc2)CC1(C)C. The molecule has 1 aromatic carbocycles. The summed E-state index contributed by atoms with van der Waals surface area (Å²) in [5, 5.41) is 0. The normalized spacial score (nSPS) is 21.5. The first-order valence-corrected chi connectivity index (χ1v) is 7.24. The van der Waals surface area contributed by atoms with E-state index in [1.165, 1.54) is 4.90 Å². The van der Waals surface area contributed by atoms with E-state index in [0.29, 0.717) is 6.42 Å². The van der Waals surface area contributed by atoms with Crippen molar-refractivity contribution in [3.05, 3.63) is 35.9 Å². The summed E-state index contributed by atoms with van der Waals surface area (Å²) in [6, 6.07) is 9.59. The zero-order valence-electron chi connectivity index (χ0n) is 13.3. The Hall–Kier alpha value is -1.84. The van der Waals surface area contributed by atoms with Crippen LogP contribution in [-0.2, 0) is 9.53 Å². The minimum absolute atomic E-state index is 0.180. The Bertz CT molecular complexity index is 543. The summed E-state index contributed by atoms with van der Waals surface area (Å²) < 4.78 is 5.38. The minimum atomic E-state index is -0.613. The Morgan fingerprint density at radius 1 is 1.24 bits per heavy atom. The molecule has 1 saturated heterocycles. The van der Waals surface area contributed by atoms with Gasteiger partial charge >= 0.3 is 6.09 Å². The minimum Gasteiger partial charge on any atom is -0.443 e. The third-order valence-corrected chi connectivity index (χ3v) is 3.61. The van der Waals surface area contributed by atoms with E-state index in [1.54, 1.807) is 20.8 Å². The number of nitrogens with zero attached hydrogens (tertiary/aromatic N) is 1. The van der Waals surface area contributed by atoms with Gasteiger partial charge in [0.15, 0.2) is 0 Å². The molecule has 1 heterocycles. The van der Waals surface area contributed by atoms with Crippen molar-refractivity contribution in [1.82, 2.24) is 4.90 Å². The third kappa shape index (κ3) is 3.26. The van der Waals surface area contributed by atoms with E-state index in [4.69, 9.17) is 4.74 Å². The van der Waals surface area contributed by atoms with E-state index in [2.05, 4.69) is 0 Å². The molecule has 2 rings (SSSR count). The fourth-order valence-corrected chi connectivity index (χ4v) is 2.72. The van der Waals surface area contributed by atoms with Gasteiger partial charge in [0.1, 0.15) is 5.60 Å². The van der Waals surface area contributed by atoms with Gasteiger partial charge in [0.25, 0.3) is 0 Å². The molecule has 0 radical (unpaired) electrons. The zero-order chi connectivity index (χ0) is 15.8. The van der Waals surface area contributed by atoms with Crippen molar-refractivity contribution < 1.29 is 14.3 Å². The highest BCUT2D eigenvalue weighted by Gasteiger charge is 2.50. The van der Waals surface area contributed by atoms with Crippen molar-refractivity contribution in [2.75, 3.05) is 0 Å². The first-order valence-electron chi connectivity index (χ1n) is 7.24. The van der Waals surface area contributed by atoms with Crippen LogP contribution in [0.1, 0.15) is 52.5 Å². The van der Waals surface area contributed by atoms with E-state index in [0.717, 1.165) is 5.56 Å². The predicted octanol–water partition coefficient (Wildman–Crippen LogP) is 3.72. The molecule has 0 spiro atoms. The lowest BCUT2D eigenvalue weighted by atomic mass is 9.91. The number of hydrogen-bond acceptors (Lipinski definition) is 3. The van der Waals surface area contributed by atoms with Crippen LogP contribution in [0.2, 0.25) is 0 Å². The van der Waals surface area contributed by atoms with Gasteiger partial charge in [-0.3, -0.25) is 4.79 Å². The number of hydrogen-bond donors (Lipinski definition) is 0. The molecule has 1 atom stereocenters. The van der Waals surface area contributed by atoms with E-state index in [-0.39, 0.29) is 11.8 Å². The van der Waals surface area contributed by atoms with Gasteiger partial charge in [0.2, 0.25) is 5.91 Å². The standard InChI is InChI=1S/C17H23NO3/c1-16(2,3)21-15(20)18-14(19)13(11-17(18,4)5)12-9-7-6-8-10-12/h6-10,13H,11H2,1-5H3. The summed E-state index contributed by atoms with van der Waals surface area (Å²) in [5.41, 5.74) is -0.209. The van der Waals surface area contributed by atoms with Gasteiger partial charge in [0, 0.05) is 5.54 Å². The maximum atomic E-state index is 12.7. The van der Waals surface area contributed by atoms with E-state index in [1.807, 2.05) is 44.2 Å². The molecule has 0 saturated carbocycles. The molecule has 4 heteroatoms. The Kier molecular flexibility index (Phi) is 3.83. The third-order valence-electron chi connectivity index (χ3n) is 3.61. The molecule has 1 unspecified atom stereocenters. The average molecular weight is 289 g/mol. The summed E-state index contributed by atoms with van der Waals surface area (Å²) in [4.78, 5) is 26.3. The van der Waals surface area contributed by atoms with Crippen molar-refractivity contribution in [1.29, 1.82) is 0 Å². The molecule has 114 valence electrons. The molecule has 1 aromatic rings. The monoisotopic (exact) mass is 289 g/mol. The highest BCUT2D eigenvalue weighted by Crippen LogP contribution is 2.40. The topological polar surface area (TPSA) is 46.6 Å². The van der Waals surface area contributed by atoms with Gasteiger partial charge in [-0.2, -0.15) is 0 Å². The van der Waals surface area contributed by atoms with Gasteiger partial charge in [-0.05, 0) is 46.6 Å². The molecule has 21 heavy (non-hydrogen) atoms. The van der Waals surface area contributed by atoms with E-state index in [9.17, 15) is 9.59 Å². The highest BCUT2D eigenvalue weighted by molar-refractivity contribution is 5.99. The maximum absolute atomic E-state index is 12.7. The summed E-state index contributed by atoms with van der Waals surface area (Å²) in [6.45, 7) is 9.20. The predicted molar refractivity (Wildman–Crippen MR) is 81.0 cm³/mol. The van der Waals surface area contributed by atoms with Crippen LogP contribution in [0.4, 0.5) is 4.79 Å². The maximum Gasteiger partial charge on any atom is 0.417 e. The number of imide groups is 1. The average Bonchev–Trinajstić information content (AvgIpc) is 2.58. The Balaban J connectivity index is 2.27. The molecular formula is C17H23NO3. The molecule has 0 aliphatic carbocycles. The molecule has 0 N–H and O–H groups in total. The van der Waals surface area contributed by atoms with Gasteiger partial charge in [-0.1, -0.05) is 30.3 Å². The van der Waals surface area contributed by atoms with Crippen molar-refractivity contribution in [2.45, 2.75) is 58.1 Å². The van der Waals surface area contributed by atoms with E-state index < -0.39 is 17.2 Å². The number of likely N-dealkylation sites (tertiary alicyclic amines) is 1. The Morgan fingerprint density at radius 2 is 1.81 bits per heavy atom. The summed E-state index contributed by atoms with van der Waals surface area (Å²) >= 11 is 0. The van der Waals surface area contributed by atoms with Crippen molar-refractivity contribution in [2.24, 2.45) is 0 Å². The number of carbonyl (C=O) groups is 2. The summed E-state index contributed by atoms with van der Waals surface area (Å²) in [7, 11) is 0. The lowest BCUT2D eigenvalue weighted by molar-refractivity contribution is -0.130. The van der Waals surface area contributed by atoms with Crippen LogP contribution in [0, 0.1) is 0 Å². The zero-order valence-corrected chi connectivity index (χ0v) is 13.3. The van der Waals surface area contributed by atoms with Gasteiger partial charge in [-0.25, -0.2) is 9.69 Å². The second-order valence-electron chi connectivity index (χ2n) is 7.13. The molecule has 4 nitrogen and oxygen atoms in total. The summed E-state index contributed by atoms with van der Waals surface area (Å²) in [6.07, 6.45) is 0.0469. The van der Waals surface area contributed by atoms with Gasteiger partial charge < -0.3 is 4.74 Å². The molecule has 1 aliphatic heterocycles. The molecule has 0 bridgehead atoms. The number of ether oxygens (including phenoxy) is 1. The molecule has 2 amide bonds. The number of amides is 2. The first-order chi connectivity index (χ1) is 9.62. The van der Waals surface area contributed by atoms with Crippen LogP contribution in [0.25, 0.3) is 0 Å². The molecule has 0 aromatic heterocycles. The van der Waals surface area contributed by atoms with Crippen molar-refractivity contribution in [3.8, 4) is 0 Å². The fraction of sp³-hybridized carbons (Fsp3) is 0.529. The quantitative estimate of drug-likeness (QED) is 0.791. The first kappa shape index (κ1) is 15.5. The fourth-order valence-electron chi connectivity index (χ4n) is 2.72. The van der Waals surface area contributed by atoms with Crippen LogP contribution < -0.4 is 0 Å². The summed E-state index contributed by atoms with van der Waals surface area (Å²) in [5.74, 6) is -0.464. The Labute approximate surface area is 126 Å². The second-order valence-corrected chi connectivity index (χ2v) is 7.13. The van der Waals surface area contributed by atoms with Gasteiger partial charge in [0.05, 0.1) is 5.92 Å². The smallest absolute Gasteiger partial charge is 0.417 e. The number of rotatable bonds is 1. The molecule has 1 fully saturated rings. The van der Waals surface area contributed by atoms with Gasteiger partial charge in [-0.15, -0.1) is 0 Å². The lowest BCUT2D eigenvalue weighted by Crippen LogP contribution is -2.47.